The van der Waals surface area contributed by atoms with Crippen LogP contribution in [0.4, 0.5) is 0 Å². The second-order valence-electron chi connectivity index (χ2n) is 8.19. The fourth-order valence-electron chi connectivity index (χ4n) is 3.98. The van der Waals surface area contributed by atoms with Gasteiger partial charge in [0.1, 0.15) is 0 Å². The van der Waals surface area contributed by atoms with E-state index in [1.54, 1.807) is 0 Å². The van der Waals surface area contributed by atoms with Crippen molar-refractivity contribution < 1.29 is 9.59 Å². The number of nitrogens with zero attached hydrogens (tertiary/aromatic N) is 2. The number of rotatable bonds is 7. The number of amides is 2. The summed E-state index contributed by atoms with van der Waals surface area (Å²) in [4.78, 5) is 27.0. The first kappa shape index (κ1) is 19.9. The Morgan fingerprint density at radius 3 is 2.93 bits per heavy atom. The Morgan fingerprint density at radius 2 is 2.11 bits per heavy atom. The maximum Gasteiger partial charge on any atom is 0.237 e. The summed E-state index contributed by atoms with van der Waals surface area (Å²) in [5.41, 5.74) is 3.45. The van der Waals surface area contributed by atoms with Crippen LogP contribution in [0.2, 0.25) is 0 Å². The lowest BCUT2D eigenvalue weighted by Gasteiger charge is -2.35. The van der Waals surface area contributed by atoms with Crippen molar-refractivity contribution in [3.63, 3.8) is 0 Å². The highest BCUT2D eigenvalue weighted by atomic mass is 16.2. The molecule has 2 amide bonds. The smallest absolute Gasteiger partial charge is 0.237 e. The van der Waals surface area contributed by atoms with E-state index in [1.807, 2.05) is 0 Å². The molecule has 0 saturated carbocycles. The third kappa shape index (κ3) is 5.31. The molecule has 7 nitrogen and oxygen atoms in total. The van der Waals surface area contributed by atoms with E-state index in [1.165, 1.54) is 30.5 Å². The van der Waals surface area contributed by atoms with E-state index in [-0.39, 0.29) is 24.3 Å². The summed E-state index contributed by atoms with van der Waals surface area (Å²) in [7, 11) is 0. The zero-order valence-corrected chi connectivity index (χ0v) is 16.6. The van der Waals surface area contributed by atoms with Gasteiger partial charge in [0, 0.05) is 18.8 Å². The zero-order valence-electron chi connectivity index (χ0n) is 16.6. The van der Waals surface area contributed by atoms with Crippen LogP contribution in [0.15, 0.2) is 0 Å². The van der Waals surface area contributed by atoms with E-state index in [0.717, 1.165) is 38.0 Å². The van der Waals surface area contributed by atoms with Gasteiger partial charge in [-0.2, -0.15) is 5.10 Å². The summed E-state index contributed by atoms with van der Waals surface area (Å²) >= 11 is 0. The monoisotopic (exact) mass is 375 g/mol. The third-order valence-corrected chi connectivity index (χ3v) is 5.66. The molecule has 2 aliphatic rings. The molecule has 1 saturated heterocycles. The Kier molecular flexibility index (Phi) is 6.88. The van der Waals surface area contributed by atoms with Crippen LogP contribution < -0.4 is 10.6 Å². The van der Waals surface area contributed by atoms with E-state index in [2.05, 4.69) is 39.6 Å². The van der Waals surface area contributed by atoms with Crippen molar-refractivity contribution in [2.24, 2.45) is 5.92 Å². The minimum Gasteiger partial charge on any atom is -0.353 e. The summed E-state index contributed by atoms with van der Waals surface area (Å²) in [5.74, 6) is 0.463. The number of hydrogen-bond donors (Lipinski definition) is 3. The number of carbonyl (C=O) groups is 2. The number of carbonyl (C=O) groups excluding carboxylic acids is 2. The molecular formula is C20H33N5O2. The molecule has 1 aliphatic heterocycles. The van der Waals surface area contributed by atoms with Crippen molar-refractivity contribution >= 4 is 11.8 Å². The SMILES string of the molecule is CC(C)CCN1CCNC(=O)[C@H]1CC(=O)NCc1n[nH]c2c1CCCCC2. The van der Waals surface area contributed by atoms with Crippen molar-refractivity contribution in [1.29, 1.82) is 0 Å². The van der Waals surface area contributed by atoms with Gasteiger partial charge in [-0.1, -0.05) is 20.3 Å². The highest BCUT2D eigenvalue weighted by Crippen LogP contribution is 2.21. The first-order valence-electron chi connectivity index (χ1n) is 10.4. The van der Waals surface area contributed by atoms with Crippen LogP contribution in [0.5, 0.6) is 0 Å². The van der Waals surface area contributed by atoms with Crippen LogP contribution in [0, 0.1) is 5.92 Å². The van der Waals surface area contributed by atoms with Gasteiger partial charge in [0.2, 0.25) is 11.8 Å². The number of aromatic nitrogens is 2. The molecule has 1 aliphatic carbocycles. The van der Waals surface area contributed by atoms with E-state index < -0.39 is 0 Å². The van der Waals surface area contributed by atoms with Gasteiger partial charge in [0.05, 0.1) is 24.7 Å². The number of piperazine rings is 1. The molecule has 3 N–H and O–H groups in total. The molecule has 7 heteroatoms. The Hall–Kier alpha value is -1.89. The van der Waals surface area contributed by atoms with Crippen LogP contribution in [0.3, 0.4) is 0 Å². The normalized spacial score (nSPS) is 20.9. The van der Waals surface area contributed by atoms with Gasteiger partial charge in [-0.25, -0.2) is 0 Å². The van der Waals surface area contributed by atoms with Gasteiger partial charge in [-0.05, 0) is 50.1 Å². The van der Waals surface area contributed by atoms with Gasteiger partial charge in [-0.3, -0.25) is 19.6 Å². The van der Waals surface area contributed by atoms with E-state index in [0.29, 0.717) is 19.0 Å². The number of H-pyrrole nitrogens is 1. The molecule has 0 aromatic carbocycles. The van der Waals surface area contributed by atoms with Crippen molar-refractivity contribution in [1.82, 2.24) is 25.7 Å². The molecule has 0 bridgehead atoms. The maximum absolute atomic E-state index is 12.5. The minimum atomic E-state index is -0.367. The van der Waals surface area contributed by atoms with Crippen LogP contribution in [-0.4, -0.2) is 52.6 Å². The average Bonchev–Trinajstić information content (AvgIpc) is 2.86. The van der Waals surface area contributed by atoms with Crippen molar-refractivity contribution in [3.05, 3.63) is 17.0 Å². The summed E-state index contributed by atoms with van der Waals surface area (Å²) in [5, 5.41) is 13.4. The Labute approximate surface area is 161 Å². The predicted octanol–water partition coefficient (Wildman–Crippen LogP) is 1.53. The first-order valence-corrected chi connectivity index (χ1v) is 10.4. The number of aromatic amines is 1. The van der Waals surface area contributed by atoms with Crippen molar-refractivity contribution in [3.8, 4) is 0 Å². The predicted molar refractivity (Wildman–Crippen MR) is 104 cm³/mol. The van der Waals surface area contributed by atoms with Crippen LogP contribution >= 0.6 is 0 Å². The number of nitrogens with one attached hydrogen (secondary N) is 3. The molecule has 27 heavy (non-hydrogen) atoms. The molecule has 1 aromatic heterocycles. The Bertz CT molecular complexity index is 655. The molecule has 2 heterocycles. The molecule has 1 atom stereocenters. The van der Waals surface area contributed by atoms with Crippen LogP contribution in [0.25, 0.3) is 0 Å². The molecule has 3 rings (SSSR count). The molecule has 150 valence electrons. The summed E-state index contributed by atoms with van der Waals surface area (Å²) in [6.45, 7) is 7.12. The molecular weight excluding hydrogens is 342 g/mol. The molecule has 1 fully saturated rings. The van der Waals surface area contributed by atoms with Crippen LogP contribution in [0.1, 0.15) is 62.9 Å². The van der Waals surface area contributed by atoms with Crippen molar-refractivity contribution in [2.45, 2.75) is 71.4 Å². The summed E-state index contributed by atoms with van der Waals surface area (Å²) in [6, 6.07) is -0.367. The van der Waals surface area contributed by atoms with Crippen molar-refractivity contribution in [2.75, 3.05) is 19.6 Å². The first-order chi connectivity index (χ1) is 13.0. The molecule has 0 spiro atoms. The molecule has 0 radical (unpaired) electrons. The van der Waals surface area contributed by atoms with Gasteiger partial charge in [-0.15, -0.1) is 0 Å². The fraction of sp³-hybridized carbons (Fsp3) is 0.750. The topological polar surface area (TPSA) is 90.1 Å². The fourth-order valence-corrected chi connectivity index (χ4v) is 3.98. The van der Waals surface area contributed by atoms with Crippen LogP contribution in [-0.2, 0) is 29.0 Å². The lowest BCUT2D eigenvalue weighted by molar-refractivity contribution is -0.134. The van der Waals surface area contributed by atoms with E-state index in [4.69, 9.17) is 0 Å². The number of aryl methyl sites for hydroxylation is 1. The van der Waals surface area contributed by atoms with Gasteiger partial charge in [0.15, 0.2) is 0 Å². The molecule has 0 unspecified atom stereocenters. The Morgan fingerprint density at radius 1 is 1.30 bits per heavy atom. The summed E-state index contributed by atoms with van der Waals surface area (Å²) in [6.07, 6.45) is 6.94. The quantitative estimate of drug-likeness (QED) is 0.631. The lowest BCUT2D eigenvalue weighted by atomic mass is 10.0. The minimum absolute atomic E-state index is 0.0335. The highest BCUT2D eigenvalue weighted by Gasteiger charge is 2.31. The van der Waals surface area contributed by atoms with Gasteiger partial charge in [0.25, 0.3) is 0 Å². The third-order valence-electron chi connectivity index (χ3n) is 5.66. The summed E-state index contributed by atoms with van der Waals surface area (Å²) < 4.78 is 0. The number of hydrogen-bond acceptors (Lipinski definition) is 4. The van der Waals surface area contributed by atoms with Gasteiger partial charge < -0.3 is 10.6 Å². The average molecular weight is 376 g/mol. The van der Waals surface area contributed by atoms with E-state index >= 15 is 0 Å². The zero-order chi connectivity index (χ0) is 19.2. The highest BCUT2D eigenvalue weighted by molar-refractivity contribution is 5.88. The van der Waals surface area contributed by atoms with E-state index in [9.17, 15) is 9.59 Å². The maximum atomic E-state index is 12.5. The Balaban J connectivity index is 1.54. The number of fused-ring (bicyclic) bond motifs is 1. The second kappa shape index (κ2) is 9.35. The largest absolute Gasteiger partial charge is 0.353 e. The lowest BCUT2D eigenvalue weighted by Crippen LogP contribution is -2.56. The standard InChI is InChI=1S/C20H33N5O2/c1-14(2)8-10-25-11-9-21-20(27)18(25)12-19(26)22-13-17-15-6-4-3-5-7-16(15)23-24-17/h14,18H,3-13H2,1-2H3,(H,21,27)(H,22,26)(H,23,24)/t18-/m1/s1. The molecule has 1 aromatic rings. The second-order valence-corrected chi connectivity index (χ2v) is 8.19. The van der Waals surface area contributed by atoms with Gasteiger partial charge >= 0.3 is 0 Å².